The number of carbonyl (C=O) groups excluding carboxylic acids is 2. The standard InChI is InChI=1S/C11H20N2O7/c1-12-10(16)19-6-8(7-20-11(17)13-2)18-5-3-4-9(14)15/h8H,3-7H2,1-2H3,(H,12,16)(H,13,17)(H,14,15). The first-order valence-corrected chi connectivity index (χ1v) is 6.02. The Morgan fingerprint density at radius 1 is 1.05 bits per heavy atom. The molecule has 0 aromatic rings. The summed E-state index contributed by atoms with van der Waals surface area (Å²) in [6.07, 6.45) is -1.64. The van der Waals surface area contributed by atoms with E-state index in [-0.39, 0.29) is 26.2 Å². The second-order valence-electron chi connectivity index (χ2n) is 3.69. The third-order valence-electron chi connectivity index (χ3n) is 2.10. The minimum Gasteiger partial charge on any atom is -0.481 e. The summed E-state index contributed by atoms with van der Waals surface area (Å²) in [6, 6.07) is 0. The maximum atomic E-state index is 10.9. The van der Waals surface area contributed by atoms with Crippen molar-refractivity contribution in [3.63, 3.8) is 0 Å². The highest BCUT2D eigenvalue weighted by Gasteiger charge is 2.15. The van der Waals surface area contributed by atoms with Crippen LogP contribution in [0.15, 0.2) is 0 Å². The lowest BCUT2D eigenvalue weighted by molar-refractivity contribution is -0.137. The van der Waals surface area contributed by atoms with Gasteiger partial charge in [-0.05, 0) is 6.42 Å². The highest BCUT2D eigenvalue weighted by atomic mass is 16.6. The summed E-state index contributed by atoms with van der Waals surface area (Å²) >= 11 is 0. The molecule has 0 atom stereocenters. The van der Waals surface area contributed by atoms with Crippen molar-refractivity contribution in [3.8, 4) is 0 Å². The molecule has 0 spiro atoms. The average Bonchev–Trinajstić information content (AvgIpc) is 2.44. The summed E-state index contributed by atoms with van der Waals surface area (Å²) in [5.74, 6) is -0.923. The quantitative estimate of drug-likeness (QED) is 0.509. The zero-order valence-electron chi connectivity index (χ0n) is 11.5. The maximum absolute atomic E-state index is 10.9. The molecule has 0 saturated heterocycles. The second-order valence-corrected chi connectivity index (χ2v) is 3.69. The van der Waals surface area contributed by atoms with Gasteiger partial charge < -0.3 is 30.0 Å². The van der Waals surface area contributed by atoms with Crippen molar-refractivity contribution >= 4 is 18.2 Å². The monoisotopic (exact) mass is 292 g/mol. The number of carboxylic acids is 1. The molecule has 0 bridgehead atoms. The molecule has 0 aliphatic carbocycles. The first-order valence-electron chi connectivity index (χ1n) is 6.02. The number of carboxylic acid groups (broad SMARTS) is 1. The number of ether oxygens (including phenoxy) is 3. The second kappa shape index (κ2) is 10.9. The SMILES string of the molecule is CNC(=O)OCC(COC(=O)NC)OCCCC(=O)O. The van der Waals surface area contributed by atoms with Gasteiger partial charge in [-0.2, -0.15) is 0 Å². The fraction of sp³-hybridized carbons (Fsp3) is 0.727. The Morgan fingerprint density at radius 3 is 1.95 bits per heavy atom. The van der Waals surface area contributed by atoms with Crippen molar-refractivity contribution in [1.29, 1.82) is 0 Å². The summed E-state index contributed by atoms with van der Waals surface area (Å²) in [6.45, 7) is -0.0569. The minimum atomic E-state index is -0.923. The fourth-order valence-corrected chi connectivity index (χ4v) is 1.10. The first-order chi connectivity index (χ1) is 9.49. The molecule has 9 nitrogen and oxygen atoms in total. The molecule has 3 N–H and O–H groups in total. The van der Waals surface area contributed by atoms with E-state index in [9.17, 15) is 14.4 Å². The van der Waals surface area contributed by atoms with Crippen LogP contribution in [0.2, 0.25) is 0 Å². The van der Waals surface area contributed by atoms with Crippen molar-refractivity contribution in [2.45, 2.75) is 18.9 Å². The predicted octanol–water partition coefficient (Wildman–Crippen LogP) is -0.0516. The molecule has 0 fully saturated rings. The molecule has 0 unspecified atom stereocenters. The largest absolute Gasteiger partial charge is 0.481 e. The normalized spacial score (nSPS) is 9.95. The van der Waals surface area contributed by atoms with Crippen molar-refractivity contribution in [2.24, 2.45) is 0 Å². The number of aliphatic carboxylic acids is 1. The van der Waals surface area contributed by atoms with Crippen molar-refractivity contribution < 1.29 is 33.7 Å². The van der Waals surface area contributed by atoms with Crippen LogP contribution in [-0.4, -0.2) is 63.3 Å². The van der Waals surface area contributed by atoms with E-state index in [4.69, 9.17) is 19.3 Å². The summed E-state index contributed by atoms with van der Waals surface area (Å²) in [7, 11) is 2.82. The van der Waals surface area contributed by atoms with Gasteiger partial charge in [0, 0.05) is 27.1 Å². The van der Waals surface area contributed by atoms with E-state index in [1.165, 1.54) is 14.1 Å². The van der Waals surface area contributed by atoms with E-state index in [1.54, 1.807) is 0 Å². The Kier molecular flexibility index (Phi) is 9.75. The van der Waals surface area contributed by atoms with Crippen LogP contribution in [-0.2, 0) is 19.0 Å². The molecule has 9 heteroatoms. The van der Waals surface area contributed by atoms with Gasteiger partial charge in [-0.1, -0.05) is 0 Å². The molecule has 0 aliphatic heterocycles. The summed E-state index contributed by atoms with van der Waals surface area (Å²) in [5.41, 5.74) is 0. The Labute approximate surface area is 116 Å². The third-order valence-corrected chi connectivity index (χ3v) is 2.10. The Bertz CT molecular complexity index is 302. The van der Waals surface area contributed by atoms with Crippen molar-refractivity contribution in [3.05, 3.63) is 0 Å². The lowest BCUT2D eigenvalue weighted by Gasteiger charge is -2.17. The molecule has 0 aromatic carbocycles. The molecule has 20 heavy (non-hydrogen) atoms. The number of nitrogens with one attached hydrogen (secondary N) is 2. The van der Waals surface area contributed by atoms with E-state index < -0.39 is 24.3 Å². The minimum absolute atomic E-state index is 0.0284. The maximum Gasteiger partial charge on any atom is 0.406 e. The number of carbonyl (C=O) groups is 3. The number of rotatable bonds is 9. The van der Waals surface area contributed by atoms with E-state index in [0.717, 1.165) is 0 Å². The summed E-state index contributed by atoms with van der Waals surface area (Å²) < 4.78 is 14.9. The lowest BCUT2D eigenvalue weighted by atomic mass is 10.3. The van der Waals surface area contributed by atoms with Crippen LogP contribution in [0.25, 0.3) is 0 Å². The van der Waals surface area contributed by atoms with Crippen LogP contribution in [0.4, 0.5) is 9.59 Å². The van der Waals surface area contributed by atoms with Crippen LogP contribution in [0, 0.1) is 0 Å². The van der Waals surface area contributed by atoms with Gasteiger partial charge in [-0.15, -0.1) is 0 Å². The van der Waals surface area contributed by atoms with Crippen LogP contribution in [0.5, 0.6) is 0 Å². The molecule has 0 aromatic heterocycles. The van der Waals surface area contributed by atoms with Crippen LogP contribution >= 0.6 is 0 Å². The van der Waals surface area contributed by atoms with E-state index in [2.05, 4.69) is 10.6 Å². The van der Waals surface area contributed by atoms with Gasteiger partial charge in [0.15, 0.2) is 0 Å². The molecule has 0 rings (SSSR count). The van der Waals surface area contributed by atoms with Crippen molar-refractivity contribution in [1.82, 2.24) is 10.6 Å². The van der Waals surface area contributed by atoms with Crippen LogP contribution < -0.4 is 10.6 Å². The molecule has 2 amide bonds. The van der Waals surface area contributed by atoms with Gasteiger partial charge in [0.25, 0.3) is 0 Å². The van der Waals surface area contributed by atoms with Crippen LogP contribution in [0.3, 0.4) is 0 Å². The number of hydrogen-bond donors (Lipinski definition) is 3. The zero-order valence-corrected chi connectivity index (χ0v) is 11.5. The number of hydrogen-bond acceptors (Lipinski definition) is 6. The lowest BCUT2D eigenvalue weighted by Crippen LogP contribution is -2.33. The van der Waals surface area contributed by atoms with E-state index >= 15 is 0 Å². The molecule has 0 heterocycles. The average molecular weight is 292 g/mol. The zero-order chi connectivity index (χ0) is 15.4. The van der Waals surface area contributed by atoms with Gasteiger partial charge in [0.2, 0.25) is 0 Å². The molecular weight excluding hydrogens is 272 g/mol. The third kappa shape index (κ3) is 9.95. The molecule has 0 saturated carbocycles. The Hall–Kier alpha value is -2.03. The highest BCUT2D eigenvalue weighted by Crippen LogP contribution is 1.99. The highest BCUT2D eigenvalue weighted by molar-refractivity contribution is 5.67. The number of alkyl carbamates (subject to hydrolysis) is 2. The van der Waals surface area contributed by atoms with E-state index in [0.29, 0.717) is 6.42 Å². The van der Waals surface area contributed by atoms with Gasteiger partial charge >= 0.3 is 18.2 Å². The molecular formula is C11H20N2O7. The summed E-state index contributed by atoms with van der Waals surface area (Å²) in [4.78, 5) is 32.2. The van der Waals surface area contributed by atoms with Crippen molar-refractivity contribution in [2.75, 3.05) is 33.9 Å². The fourth-order valence-electron chi connectivity index (χ4n) is 1.10. The molecule has 0 radical (unpaired) electrons. The van der Waals surface area contributed by atoms with Gasteiger partial charge in [-0.25, -0.2) is 9.59 Å². The molecule has 116 valence electrons. The Morgan fingerprint density at radius 2 is 1.55 bits per heavy atom. The van der Waals surface area contributed by atoms with Gasteiger partial charge in [0.05, 0.1) is 0 Å². The van der Waals surface area contributed by atoms with Gasteiger partial charge in [0.1, 0.15) is 19.3 Å². The van der Waals surface area contributed by atoms with Crippen LogP contribution in [0.1, 0.15) is 12.8 Å². The first kappa shape index (κ1) is 18.0. The predicted molar refractivity (Wildman–Crippen MR) is 67.4 cm³/mol. The Balaban J connectivity index is 4.06. The summed E-state index contributed by atoms with van der Waals surface area (Å²) in [5, 5.41) is 13.0. The number of amides is 2. The molecule has 0 aliphatic rings. The topological polar surface area (TPSA) is 123 Å². The van der Waals surface area contributed by atoms with E-state index in [1.807, 2.05) is 0 Å². The van der Waals surface area contributed by atoms with Gasteiger partial charge in [-0.3, -0.25) is 4.79 Å². The smallest absolute Gasteiger partial charge is 0.406 e.